The summed E-state index contributed by atoms with van der Waals surface area (Å²) in [5.41, 5.74) is -0.644. The van der Waals surface area contributed by atoms with Crippen molar-refractivity contribution < 1.29 is 23.9 Å². The monoisotopic (exact) mass is 359 g/mol. The van der Waals surface area contributed by atoms with Gasteiger partial charge in [-0.3, -0.25) is 4.90 Å². The van der Waals surface area contributed by atoms with Crippen LogP contribution in [0.4, 0.5) is 4.79 Å². The zero-order valence-electron chi connectivity index (χ0n) is 16.3. The van der Waals surface area contributed by atoms with Crippen LogP contribution in [0.15, 0.2) is 0 Å². The molecule has 0 radical (unpaired) electrons. The van der Waals surface area contributed by atoms with Gasteiger partial charge in [-0.15, -0.1) is 0 Å². The molecule has 1 amide bonds. The number of amides is 1. The second kappa shape index (κ2) is 7.04. The van der Waals surface area contributed by atoms with Crippen molar-refractivity contribution in [1.82, 2.24) is 4.90 Å². The van der Waals surface area contributed by atoms with Crippen LogP contribution in [0.3, 0.4) is 0 Å². The molecule has 1 fully saturated rings. The highest BCUT2D eigenvalue weighted by Crippen LogP contribution is 2.39. The maximum Gasteiger partial charge on any atom is 0.411 e. The lowest BCUT2D eigenvalue weighted by molar-refractivity contribution is -0.146. The van der Waals surface area contributed by atoms with Gasteiger partial charge in [0, 0.05) is 19.1 Å². The van der Waals surface area contributed by atoms with Gasteiger partial charge in [0.05, 0.1) is 0 Å². The Hall–Kier alpha value is -1.08. The Labute approximate surface area is 146 Å². The van der Waals surface area contributed by atoms with Crippen molar-refractivity contribution in [2.45, 2.75) is 90.3 Å². The fraction of sp³-hybridized carbons (Fsp3) is 0.882. The molecule has 1 saturated heterocycles. The van der Waals surface area contributed by atoms with Crippen LogP contribution < -0.4 is 0 Å². The van der Waals surface area contributed by atoms with Crippen LogP contribution in [-0.4, -0.2) is 54.7 Å². The molecule has 1 aliphatic heterocycles. The number of carboxylic acid groups (broad SMARTS) is 1. The molecule has 0 spiro atoms. The van der Waals surface area contributed by atoms with Crippen LogP contribution in [-0.2, 0) is 14.0 Å². The molecule has 6 nitrogen and oxygen atoms in total. The number of carbonyl (C=O) groups excluding carboxylic acids is 1. The first-order valence-electron chi connectivity index (χ1n) is 8.54. The molecular formula is C17H33NO5Si. The lowest BCUT2D eigenvalue weighted by Gasteiger charge is -2.43. The van der Waals surface area contributed by atoms with Crippen molar-refractivity contribution in [2.75, 3.05) is 6.54 Å². The van der Waals surface area contributed by atoms with Gasteiger partial charge >= 0.3 is 12.1 Å². The number of rotatable bonds is 3. The predicted molar refractivity (Wildman–Crippen MR) is 95.7 cm³/mol. The molecular weight excluding hydrogens is 326 g/mol. The Morgan fingerprint density at radius 3 is 2.08 bits per heavy atom. The van der Waals surface area contributed by atoms with Gasteiger partial charge in [-0.05, 0) is 45.3 Å². The van der Waals surface area contributed by atoms with E-state index in [0.29, 0.717) is 19.4 Å². The molecule has 7 heteroatoms. The summed E-state index contributed by atoms with van der Waals surface area (Å²) in [7, 11) is -1.97. The smallest absolute Gasteiger partial charge is 0.411 e. The van der Waals surface area contributed by atoms with E-state index in [1.165, 1.54) is 4.90 Å². The molecule has 2 unspecified atom stereocenters. The highest BCUT2D eigenvalue weighted by atomic mass is 28.4. The molecule has 0 aliphatic carbocycles. The van der Waals surface area contributed by atoms with Crippen LogP contribution in [0.25, 0.3) is 0 Å². The number of nitrogens with zero attached hydrogens (tertiary/aromatic N) is 1. The van der Waals surface area contributed by atoms with Crippen LogP contribution in [0.2, 0.25) is 18.1 Å². The van der Waals surface area contributed by atoms with Crippen molar-refractivity contribution in [3.05, 3.63) is 0 Å². The van der Waals surface area contributed by atoms with E-state index in [9.17, 15) is 14.7 Å². The Balaban J connectivity index is 2.83. The summed E-state index contributed by atoms with van der Waals surface area (Å²) in [5.74, 6) is -1.01. The van der Waals surface area contributed by atoms with E-state index >= 15 is 0 Å². The minimum absolute atomic E-state index is 0.0635. The minimum atomic E-state index is -1.97. The minimum Gasteiger partial charge on any atom is -0.480 e. The average Bonchev–Trinajstić information content (AvgIpc) is 2.34. The summed E-state index contributed by atoms with van der Waals surface area (Å²) in [6, 6.07) is -0.900. The van der Waals surface area contributed by atoms with Crippen LogP contribution in [0, 0.1) is 0 Å². The van der Waals surface area contributed by atoms with Gasteiger partial charge in [-0.2, -0.15) is 0 Å². The van der Waals surface area contributed by atoms with Crippen molar-refractivity contribution in [3.63, 3.8) is 0 Å². The fourth-order valence-electron chi connectivity index (χ4n) is 2.41. The topological polar surface area (TPSA) is 76.1 Å². The third kappa shape index (κ3) is 5.48. The molecule has 24 heavy (non-hydrogen) atoms. The molecule has 2 atom stereocenters. The quantitative estimate of drug-likeness (QED) is 0.774. The largest absolute Gasteiger partial charge is 0.480 e. The summed E-state index contributed by atoms with van der Waals surface area (Å²) in [6.07, 6.45) is 0.239. The molecule has 0 bridgehead atoms. The van der Waals surface area contributed by atoms with Crippen molar-refractivity contribution in [2.24, 2.45) is 0 Å². The highest BCUT2D eigenvalue weighted by molar-refractivity contribution is 6.74. The summed E-state index contributed by atoms with van der Waals surface area (Å²) < 4.78 is 11.7. The zero-order valence-corrected chi connectivity index (χ0v) is 17.3. The molecule has 0 aromatic heterocycles. The molecule has 0 aromatic carbocycles. The lowest BCUT2D eigenvalue weighted by Crippen LogP contribution is -2.55. The molecule has 0 aromatic rings. The first-order valence-corrected chi connectivity index (χ1v) is 11.4. The number of hydrogen-bond donors (Lipinski definition) is 1. The van der Waals surface area contributed by atoms with Gasteiger partial charge < -0.3 is 14.3 Å². The highest BCUT2D eigenvalue weighted by Gasteiger charge is 2.43. The fourth-order valence-corrected chi connectivity index (χ4v) is 3.81. The third-order valence-corrected chi connectivity index (χ3v) is 9.27. The Kier molecular flexibility index (Phi) is 6.14. The number of ether oxygens (including phenoxy) is 1. The van der Waals surface area contributed by atoms with E-state index in [4.69, 9.17) is 9.16 Å². The predicted octanol–water partition coefficient (Wildman–Crippen LogP) is 3.86. The maximum absolute atomic E-state index is 12.3. The Bertz CT molecular complexity index is 478. The number of piperidine rings is 1. The number of likely N-dealkylation sites (tertiary alicyclic amines) is 1. The number of carboxylic acids is 1. The standard InChI is InChI=1S/C17H33NO5Si/c1-16(2,3)22-15(21)18-10-9-12(11-13(18)14(19)20)23-24(7,8)17(4,5)6/h12-13H,9-11H2,1-8H3,(H,19,20). The van der Waals surface area contributed by atoms with Crippen molar-refractivity contribution in [1.29, 1.82) is 0 Å². The van der Waals surface area contributed by atoms with Crippen LogP contribution in [0.1, 0.15) is 54.4 Å². The molecule has 1 N–H and O–H groups in total. The SMILES string of the molecule is CC(C)(C)OC(=O)N1CCC(O[Si](C)(C)C(C)(C)C)CC1C(=O)O. The van der Waals surface area contributed by atoms with Gasteiger partial charge in [-0.25, -0.2) is 9.59 Å². The summed E-state index contributed by atoms with van der Waals surface area (Å²) in [4.78, 5) is 25.3. The van der Waals surface area contributed by atoms with E-state index in [1.54, 1.807) is 20.8 Å². The number of hydrogen-bond acceptors (Lipinski definition) is 4. The molecule has 1 rings (SSSR count). The van der Waals surface area contributed by atoms with Gasteiger partial charge in [-0.1, -0.05) is 20.8 Å². The summed E-state index contributed by atoms with van der Waals surface area (Å²) in [6.45, 7) is 16.4. The van der Waals surface area contributed by atoms with Crippen LogP contribution >= 0.6 is 0 Å². The molecule has 1 aliphatic rings. The van der Waals surface area contributed by atoms with Gasteiger partial charge in [0.1, 0.15) is 11.6 Å². The molecule has 1 heterocycles. The lowest BCUT2D eigenvalue weighted by atomic mass is 10.00. The average molecular weight is 360 g/mol. The second-order valence-electron chi connectivity index (χ2n) is 9.05. The maximum atomic E-state index is 12.3. The normalized spacial score (nSPS) is 23.1. The molecule has 0 saturated carbocycles. The van der Waals surface area contributed by atoms with E-state index in [0.717, 1.165) is 0 Å². The first kappa shape index (κ1) is 21.0. The number of aliphatic carboxylic acids is 1. The number of carbonyl (C=O) groups is 2. The van der Waals surface area contributed by atoms with E-state index in [1.807, 2.05) is 0 Å². The Morgan fingerprint density at radius 2 is 1.67 bits per heavy atom. The van der Waals surface area contributed by atoms with Crippen molar-refractivity contribution >= 4 is 20.4 Å². The van der Waals surface area contributed by atoms with Crippen molar-refractivity contribution in [3.8, 4) is 0 Å². The molecule has 140 valence electrons. The zero-order chi connectivity index (χ0) is 18.9. The first-order chi connectivity index (χ1) is 10.6. The van der Waals surface area contributed by atoms with Gasteiger partial charge in [0.2, 0.25) is 0 Å². The van der Waals surface area contributed by atoms with E-state index in [-0.39, 0.29) is 11.1 Å². The second-order valence-corrected chi connectivity index (χ2v) is 13.8. The third-order valence-electron chi connectivity index (χ3n) is 4.73. The Morgan fingerprint density at radius 1 is 1.12 bits per heavy atom. The summed E-state index contributed by atoms with van der Waals surface area (Å²) in [5, 5.41) is 9.60. The van der Waals surface area contributed by atoms with Gasteiger partial charge in [0.25, 0.3) is 0 Å². The van der Waals surface area contributed by atoms with E-state index in [2.05, 4.69) is 33.9 Å². The van der Waals surface area contributed by atoms with E-state index < -0.39 is 32.0 Å². The van der Waals surface area contributed by atoms with Crippen LogP contribution in [0.5, 0.6) is 0 Å². The van der Waals surface area contributed by atoms with Gasteiger partial charge in [0.15, 0.2) is 8.32 Å². The summed E-state index contributed by atoms with van der Waals surface area (Å²) >= 11 is 0.